The Kier molecular flexibility index (Phi) is 5.17. The number of ether oxygens (including phenoxy) is 1. The molecule has 28 heavy (non-hydrogen) atoms. The maximum Gasteiger partial charge on any atom is 0.270 e. The van der Waals surface area contributed by atoms with E-state index in [1.165, 1.54) is 11.1 Å². The second-order valence-electron chi connectivity index (χ2n) is 6.74. The average Bonchev–Trinajstić information content (AvgIpc) is 3.10. The van der Waals surface area contributed by atoms with Gasteiger partial charge in [0.2, 0.25) is 0 Å². The van der Waals surface area contributed by atoms with Gasteiger partial charge in [0.1, 0.15) is 16.6 Å². The largest absolute Gasteiger partial charge is 0.495 e. The van der Waals surface area contributed by atoms with E-state index in [0.717, 1.165) is 18.5 Å². The molecule has 0 spiro atoms. The van der Waals surface area contributed by atoms with E-state index in [2.05, 4.69) is 27.8 Å². The molecule has 0 atom stereocenters. The number of rotatable bonds is 5. The number of hydrogen-bond donors (Lipinski definition) is 2. The van der Waals surface area contributed by atoms with Crippen molar-refractivity contribution >= 4 is 28.9 Å². The smallest absolute Gasteiger partial charge is 0.270 e. The minimum Gasteiger partial charge on any atom is -0.495 e. The van der Waals surface area contributed by atoms with Crippen LogP contribution in [-0.4, -0.2) is 24.0 Å². The third-order valence-corrected chi connectivity index (χ3v) is 4.99. The maximum absolute atomic E-state index is 12.7. The van der Waals surface area contributed by atoms with Crippen molar-refractivity contribution in [3.05, 3.63) is 82.6 Å². The van der Waals surface area contributed by atoms with Gasteiger partial charge in [0.15, 0.2) is 0 Å². The Morgan fingerprint density at radius 3 is 2.46 bits per heavy atom. The van der Waals surface area contributed by atoms with Crippen LogP contribution in [-0.2, 0) is 12.8 Å². The van der Waals surface area contributed by atoms with E-state index in [0.29, 0.717) is 11.4 Å². The molecule has 5 nitrogen and oxygen atoms in total. The lowest BCUT2D eigenvalue weighted by Gasteiger charge is -2.14. The first-order valence-electron chi connectivity index (χ1n) is 9.07. The van der Waals surface area contributed by atoms with Gasteiger partial charge in [-0.25, -0.2) is 4.98 Å². The van der Waals surface area contributed by atoms with Gasteiger partial charge >= 0.3 is 0 Å². The number of carbonyl (C=O) groups is 1. The topological polar surface area (TPSA) is 63.2 Å². The van der Waals surface area contributed by atoms with Crippen LogP contribution in [0, 0.1) is 0 Å². The number of amides is 1. The molecule has 1 aromatic heterocycles. The number of carbonyl (C=O) groups excluding carboxylic acids is 1. The van der Waals surface area contributed by atoms with Crippen LogP contribution >= 0.6 is 11.6 Å². The van der Waals surface area contributed by atoms with E-state index < -0.39 is 0 Å². The predicted octanol–water partition coefficient (Wildman–Crippen LogP) is 4.38. The molecule has 142 valence electrons. The van der Waals surface area contributed by atoms with Crippen LogP contribution in [0.4, 0.5) is 11.4 Å². The van der Waals surface area contributed by atoms with Gasteiger partial charge in [-0.2, -0.15) is 0 Å². The number of fused-ring (bicyclic) bond motifs is 1. The molecular formula is C22H20ClN3O2. The first kappa shape index (κ1) is 18.3. The van der Waals surface area contributed by atoms with Gasteiger partial charge in [0.05, 0.1) is 12.8 Å². The van der Waals surface area contributed by atoms with Crippen LogP contribution in [0.2, 0.25) is 5.15 Å². The van der Waals surface area contributed by atoms with Crippen LogP contribution in [0.15, 0.2) is 60.7 Å². The fourth-order valence-electron chi connectivity index (χ4n) is 3.51. The number of benzene rings is 2. The van der Waals surface area contributed by atoms with Gasteiger partial charge in [-0.15, -0.1) is 0 Å². The lowest BCUT2D eigenvalue weighted by molar-refractivity contribution is 0.0933. The Labute approximate surface area is 168 Å². The molecule has 0 saturated carbocycles. The standard InChI is InChI=1S/C22H20ClN3O2/c1-28-20-9-5-4-8-18(20)24-17-12-19(26-21(23)13-17)22(27)25-16-10-14-6-2-3-7-15(14)11-16/h2-9,12-13,16H,10-11H2,1H3,(H,24,26)(H,25,27). The maximum atomic E-state index is 12.7. The van der Waals surface area contributed by atoms with Crippen LogP contribution in [0.5, 0.6) is 5.75 Å². The zero-order valence-electron chi connectivity index (χ0n) is 15.4. The number of methoxy groups -OCH3 is 1. The van der Waals surface area contributed by atoms with Gasteiger partial charge in [0.25, 0.3) is 5.91 Å². The normalized spacial score (nSPS) is 13.1. The molecule has 4 rings (SSSR count). The number of nitrogens with one attached hydrogen (secondary N) is 2. The van der Waals surface area contributed by atoms with Gasteiger partial charge in [0, 0.05) is 11.7 Å². The van der Waals surface area contributed by atoms with Gasteiger partial charge in [-0.1, -0.05) is 48.0 Å². The van der Waals surface area contributed by atoms with Crippen molar-refractivity contribution in [1.82, 2.24) is 10.3 Å². The molecule has 0 radical (unpaired) electrons. The third kappa shape index (κ3) is 3.94. The van der Waals surface area contributed by atoms with Crippen LogP contribution < -0.4 is 15.4 Å². The summed E-state index contributed by atoms with van der Waals surface area (Å²) in [5.74, 6) is 0.466. The summed E-state index contributed by atoms with van der Waals surface area (Å²) in [6.07, 6.45) is 1.66. The predicted molar refractivity (Wildman–Crippen MR) is 111 cm³/mol. The van der Waals surface area contributed by atoms with Crippen molar-refractivity contribution in [3.8, 4) is 5.75 Å². The quantitative estimate of drug-likeness (QED) is 0.631. The van der Waals surface area contributed by atoms with Crippen LogP contribution in [0.3, 0.4) is 0 Å². The Morgan fingerprint density at radius 1 is 1.07 bits per heavy atom. The lowest BCUT2D eigenvalue weighted by atomic mass is 10.1. The number of anilines is 2. The van der Waals surface area contributed by atoms with Gasteiger partial charge < -0.3 is 15.4 Å². The molecule has 3 aromatic rings. The van der Waals surface area contributed by atoms with E-state index >= 15 is 0 Å². The Bertz CT molecular complexity index is 997. The number of aromatic nitrogens is 1. The average molecular weight is 394 g/mol. The third-order valence-electron chi connectivity index (χ3n) is 4.80. The molecule has 1 heterocycles. The summed E-state index contributed by atoms with van der Waals surface area (Å²) in [7, 11) is 1.61. The Balaban J connectivity index is 1.50. The van der Waals surface area contributed by atoms with Gasteiger partial charge in [-0.3, -0.25) is 4.79 Å². The van der Waals surface area contributed by atoms with Crippen molar-refractivity contribution in [2.24, 2.45) is 0 Å². The highest BCUT2D eigenvalue weighted by molar-refractivity contribution is 6.29. The van der Waals surface area contributed by atoms with E-state index in [1.54, 1.807) is 19.2 Å². The van der Waals surface area contributed by atoms with Crippen molar-refractivity contribution < 1.29 is 9.53 Å². The second kappa shape index (κ2) is 7.90. The number of para-hydroxylation sites is 2. The van der Waals surface area contributed by atoms with Crippen molar-refractivity contribution in [1.29, 1.82) is 0 Å². The monoisotopic (exact) mass is 393 g/mol. The summed E-state index contributed by atoms with van der Waals surface area (Å²) in [4.78, 5) is 16.9. The minimum atomic E-state index is -0.233. The fraction of sp³-hybridized carbons (Fsp3) is 0.182. The van der Waals surface area contributed by atoms with Crippen molar-refractivity contribution in [2.45, 2.75) is 18.9 Å². The molecule has 1 aliphatic rings. The van der Waals surface area contributed by atoms with Crippen LogP contribution in [0.25, 0.3) is 0 Å². The molecule has 1 aliphatic carbocycles. The molecule has 0 aliphatic heterocycles. The zero-order valence-corrected chi connectivity index (χ0v) is 16.2. The first-order valence-corrected chi connectivity index (χ1v) is 9.45. The molecule has 6 heteroatoms. The highest BCUT2D eigenvalue weighted by Gasteiger charge is 2.23. The second-order valence-corrected chi connectivity index (χ2v) is 7.12. The molecule has 0 saturated heterocycles. The van der Waals surface area contributed by atoms with E-state index in [4.69, 9.17) is 16.3 Å². The first-order chi connectivity index (χ1) is 13.6. The van der Waals surface area contributed by atoms with E-state index in [9.17, 15) is 4.79 Å². The molecule has 2 N–H and O–H groups in total. The molecule has 2 aromatic carbocycles. The highest BCUT2D eigenvalue weighted by atomic mass is 35.5. The Morgan fingerprint density at radius 2 is 1.75 bits per heavy atom. The number of halogens is 1. The van der Waals surface area contributed by atoms with E-state index in [1.807, 2.05) is 36.4 Å². The molecule has 0 unspecified atom stereocenters. The number of hydrogen-bond acceptors (Lipinski definition) is 4. The summed E-state index contributed by atoms with van der Waals surface area (Å²) >= 11 is 6.16. The van der Waals surface area contributed by atoms with Crippen LogP contribution in [0.1, 0.15) is 21.6 Å². The number of nitrogens with zero attached hydrogens (tertiary/aromatic N) is 1. The summed E-state index contributed by atoms with van der Waals surface area (Å²) in [5, 5.41) is 6.56. The SMILES string of the molecule is COc1ccccc1Nc1cc(Cl)nc(C(=O)NC2Cc3ccccc3C2)c1. The molecular weight excluding hydrogens is 374 g/mol. The molecule has 1 amide bonds. The van der Waals surface area contributed by atoms with Crippen molar-refractivity contribution in [2.75, 3.05) is 12.4 Å². The Hall–Kier alpha value is -3.05. The lowest BCUT2D eigenvalue weighted by Crippen LogP contribution is -2.35. The summed E-state index contributed by atoms with van der Waals surface area (Å²) in [6.45, 7) is 0. The van der Waals surface area contributed by atoms with Crippen molar-refractivity contribution in [3.63, 3.8) is 0 Å². The molecule has 0 fully saturated rings. The summed E-state index contributed by atoms with van der Waals surface area (Å²) in [6, 6.07) is 19.2. The zero-order chi connectivity index (χ0) is 19.5. The van der Waals surface area contributed by atoms with E-state index in [-0.39, 0.29) is 22.8 Å². The highest BCUT2D eigenvalue weighted by Crippen LogP contribution is 2.28. The fourth-order valence-corrected chi connectivity index (χ4v) is 3.72. The van der Waals surface area contributed by atoms with Gasteiger partial charge in [-0.05, 0) is 48.2 Å². The summed E-state index contributed by atoms with van der Waals surface area (Å²) in [5.41, 5.74) is 4.30. The minimum absolute atomic E-state index is 0.0660. The summed E-state index contributed by atoms with van der Waals surface area (Å²) < 4.78 is 5.35. The molecule has 0 bridgehead atoms. The number of pyridine rings is 1.